The maximum atomic E-state index is 10.8. The molecule has 4 rings (SSSR count). The first-order valence-electron chi connectivity index (χ1n) is 7.63. The third-order valence-corrected chi connectivity index (χ3v) is 5.78. The third-order valence-electron chi connectivity index (χ3n) is 4.83. The summed E-state index contributed by atoms with van der Waals surface area (Å²) in [5.74, 6) is 5.49. The molecule has 7 nitrogen and oxygen atoms in total. The minimum absolute atomic E-state index is 0.0409. The summed E-state index contributed by atoms with van der Waals surface area (Å²) in [6, 6.07) is 1.86. The van der Waals surface area contributed by atoms with Crippen molar-refractivity contribution >= 4 is 34.7 Å². The highest BCUT2D eigenvalue weighted by Gasteiger charge is 2.78. The fourth-order valence-corrected chi connectivity index (χ4v) is 4.21. The van der Waals surface area contributed by atoms with Crippen LogP contribution in [0.25, 0.3) is 0 Å². The van der Waals surface area contributed by atoms with Crippen LogP contribution in [0.1, 0.15) is 24.0 Å². The van der Waals surface area contributed by atoms with Gasteiger partial charge in [-0.15, -0.1) is 0 Å². The number of nitrogens with two attached hydrogens (primary N) is 1. The monoisotopic (exact) mass is 378 g/mol. The number of rotatable bonds is 2. The molecule has 6 N–H and O–H groups in total. The van der Waals surface area contributed by atoms with E-state index < -0.39 is 17.4 Å². The smallest absolute Gasteiger partial charge is 0.223 e. The molecule has 2 aromatic heterocycles. The van der Waals surface area contributed by atoms with Crippen molar-refractivity contribution < 1.29 is 15.3 Å². The maximum Gasteiger partial charge on any atom is 0.223 e. The lowest BCUT2D eigenvalue weighted by Crippen LogP contribution is -2.51. The number of aliphatic hydroxyl groups is 3. The van der Waals surface area contributed by atoms with E-state index in [9.17, 15) is 15.3 Å². The summed E-state index contributed by atoms with van der Waals surface area (Å²) in [5, 5.41) is 37.8. The van der Waals surface area contributed by atoms with Crippen molar-refractivity contribution in [2.24, 2.45) is 5.92 Å². The molecule has 0 aromatic carbocycles. The predicted molar refractivity (Wildman–Crippen MR) is 94.0 cm³/mol. The van der Waals surface area contributed by atoms with Crippen molar-refractivity contribution in [1.82, 2.24) is 9.97 Å². The second-order valence-electron chi connectivity index (χ2n) is 6.26. The van der Waals surface area contributed by atoms with Crippen LogP contribution < -0.4 is 11.1 Å². The molecule has 2 fully saturated rings. The molecule has 2 heterocycles. The maximum absolute atomic E-state index is 10.8. The van der Waals surface area contributed by atoms with Crippen LogP contribution >= 0.6 is 22.9 Å². The van der Waals surface area contributed by atoms with Crippen molar-refractivity contribution in [3.8, 4) is 11.8 Å². The molecule has 0 radical (unpaired) electrons. The fraction of sp³-hybridized carbons (Fsp3) is 0.375. The number of thiophene rings is 1. The van der Waals surface area contributed by atoms with Gasteiger partial charge in [0.25, 0.3) is 0 Å². The summed E-state index contributed by atoms with van der Waals surface area (Å²) >= 11 is 7.66. The summed E-state index contributed by atoms with van der Waals surface area (Å²) in [5.41, 5.74) is 3.37. The lowest BCUT2D eigenvalue weighted by molar-refractivity contribution is -0.0852. The minimum atomic E-state index is -1.74. The molecule has 130 valence electrons. The van der Waals surface area contributed by atoms with Crippen molar-refractivity contribution in [2.45, 2.75) is 30.3 Å². The van der Waals surface area contributed by atoms with E-state index >= 15 is 0 Å². The number of aliphatic hydroxyl groups excluding tert-OH is 1. The number of fused-ring (bicyclic) bond motifs is 1. The average molecular weight is 379 g/mol. The summed E-state index contributed by atoms with van der Waals surface area (Å²) in [6.45, 7) is 0. The van der Waals surface area contributed by atoms with Crippen molar-refractivity contribution in [1.29, 1.82) is 0 Å². The molecular formula is C16H15ClN4O3S. The van der Waals surface area contributed by atoms with Crippen LogP contribution in [0.15, 0.2) is 16.8 Å². The van der Waals surface area contributed by atoms with Gasteiger partial charge >= 0.3 is 0 Å². The molecule has 4 unspecified atom stereocenters. The lowest BCUT2D eigenvalue weighted by atomic mass is 10.0. The number of anilines is 2. The van der Waals surface area contributed by atoms with Gasteiger partial charge in [-0.2, -0.15) is 21.3 Å². The number of nitrogens with zero attached hydrogens (tertiary/aromatic N) is 2. The van der Waals surface area contributed by atoms with Gasteiger partial charge < -0.3 is 26.4 Å². The van der Waals surface area contributed by atoms with Gasteiger partial charge in [0.15, 0.2) is 16.7 Å². The molecule has 2 saturated carbocycles. The molecule has 0 spiro atoms. The highest BCUT2D eigenvalue weighted by molar-refractivity contribution is 7.08. The van der Waals surface area contributed by atoms with E-state index in [2.05, 4.69) is 27.1 Å². The van der Waals surface area contributed by atoms with Crippen molar-refractivity contribution in [3.63, 3.8) is 0 Å². The van der Waals surface area contributed by atoms with E-state index in [1.807, 2.05) is 16.8 Å². The second-order valence-corrected chi connectivity index (χ2v) is 7.40. The van der Waals surface area contributed by atoms with Gasteiger partial charge in [0, 0.05) is 16.9 Å². The van der Waals surface area contributed by atoms with E-state index in [0.717, 1.165) is 5.56 Å². The molecule has 2 aliphatic rings. The average Bonchev–Trinajstić information content (AvgIpc) is 2.92. The van der Waals surface area contributed by atoms with Gasteiger partial charge in [-0.25, -0.2) is 0 Å². The molecule has 4 atom stereocenters. The SMILES string of the molecule is Nc1nc(Cl)c(C#Cc2ccsc2)c(NC2(O)CCC3C(O)C32O)n1. The first-order chi connectivity index (χ1) is 11.8. The summed E-state index contributed by atoms with van der Waals surface area (Å²) in [6.07, 6.45) is -0.232. The molecule has 25 heavy (non-hydrogen) atoms. The van der Waals surface area contributed by atoms with Crippen molar-refractivity contribution in [3.05, 3.63) is 33.1 Å². The van der Waals surface area contributed by atoms with Gasteiger partial charge in [0.05, 0.1) is 6.10 Å². The largest absolute Gasteiger partial charge is 0.390 e. The Bertz CT molecular complexity index is 897. The fourth-order valence-electron chi connectivity index (χ4n) is 3.40. The molecule has 0 saturated heterocycles. The Morgan fingerprint density at radius 2 is 2.16 bits per heavy atom. The molecule has 2 aliphatic carbocycles. The van der Waals surface area contributed by atoms with E-state index in [1.54, 1.807) is 0 Å². The van der Waals surface area contributed by atoms with E-state index in [4.69, 9.17) is 17.3 Å². The Morgan fingerprint density at radius 3 is 2.80 bits per heavy atom. The first-order valence-corrected chi connectivity index (χ1v) is 8.95. The number of hydrogen-bond donors (Lipinski definition) is 5. The van der Waals surface area contributed by atoms with Crippen LogP contribution in [0.5, 0.6) is 0 Å². The molecule has 2 aromatic rings. The van der Waals surface area contributed by atoms with E-state index in [-0.39, 0.29) is 34.8 Å². The van der Waals surface area contributed by atoms with Gasteiger partial charge in [-0.3, -0.25) is 0 Å². The number of aromatic nitrogens is 2. The topological polar surface area (TPSA) is 125 Å². The van der Waals surface area contributed by atoms with E-state index in [1.165, 1.54) is 11.3 Å². The Kier molecular flexibility index (Phi) is 3.68. The predicted octanol–water partition coefficient (Wildman–Crippen LogP) is 0.790. The molecule has 0 bridgehead atoms. The zero-order chi connectivity index (χ0) is 17.8. The first kappa shape index (κ1) is 16.6. The van der Waals surface area contributed by atoms with E-state index in [0.29, 0.717) is 6.42 Å². The van der Waals surface area contributed by atoms with Crippen LogP contribution in [0.2, 0.25) is 5.15 Å². The van der Waals surface area contributed by atoms with Crippen LogP contribution in [0.4, 0.5) is 11.8 Å². The molecular weight excluding hydrogens is 364 g/mol. The normalized spacial score (nSPS) is 32.6. The Hall–Kier alpha value is -1.89. The minimum Gasteiger partial charge on any atom is -0.390 e. The summed E-state index contributed by atoms with van der Waals surface area (Å²) in [4.78, 5) is 7.96. The van der Waals surface area contributed by atoms with Crippen LogP contribution in [0.3, 0.4) is 0 Å². The Balaban J connectivity index is 1.72. The highest BCUT2D eigenvalue weighted by atomic mass is 35.5. The lowest BCUT2D eigenvalue weighted by Gasteiger charge is -2.32. The Morgan fingerprint density at radius 1 is 1.36 bits per heavy atom. The van der Waals surface area contributed by atoms with Crippen molar-refractivity contribution in [2.75, 3.05) is 11.1 Å². The van der Waals surface area contributed by atoms with Gasteiger partial charge in [-0.05, 0) is 24.3 Å². The number of nitrogen functional groups attached to an aromatic ring is 1. The quantitative estimate of drug-likeness (QED) is 0.297. The zero-order valence-corrected chi connectivity index (χ0v) is 14.5. The molecule has 0 amide bonds. The van der Waals surface area contributed by atoms with Crippen LogP contribution in [-0.4, -0.2) is 42.7 Å². The standard InChI is InChI=1S/C16H15ClN4O3S/c17-12-9(2-1-8-4-6-25-7-8)13(20-14(18)19-12)21-15(23)5-3-10-11(22)16(10,15)24/h4,6-7,10-11,22-24H,3,5H2,(H3,18,19,20,21). The van der Waals surface area contributed by atoms with Gasteiger partial charge in [-0.1, -0.05) is 23.4 Å². The van der Waals surface area contributed by atoms with Gasteiger partial charge in [0.1, 0.15) is 11.2 Å². The summed E-state index contributed by atoms with van der Waals surface area (Å²) in [7, 11) is 0. The Labute approximate surface area is 152 Å². The zero-order valence-electron chi connectivity index (χ0n) is 12.9. The van der Waals surface area contributed by atoms with Crippen LogP contribution in [-0.2, 0) is 0 Å². The van der Waals surface area contributed by atoms with Crippen LogP contribution in [0, 0.1) is 17.8 Å². The number of halogens is 1. The second kappa shape index (κ2) is 5.56. The summed E-state index contributed by atoms with van der Waals surface area (Å²) < 4.78 is 0. The number of hydrogen-bond acceptors (Lipinski definition) is 8. The highest BCUT2D eigenvalue weighted by Crippen LogP contribution is 2.60. The van der Waals surface area contributed by atoms with Gasteiger partial charge in [0.2, 0.25) is 5.95 Å². The molecule has 0 aliphatic heterocycles. The molecule has 9 heteroatoms. The third kappa shape index (κ3) is 2.47. The number of nitrogens with one attached hydrogen (secondary N) is 1.